The van der Waals surface area contributed by atoms with E-state index in [9.17, 15) is 18.0 Å². The van der Waals surface area contributed by atoms with Crippen molar-refractivity contribution in [2.75, 3.05) is 13.1 Å². The van der Waals surface area contributed by atoms with Crippen LogP contribution in [-0.4, -0.2) is 35.1 Å². The van der Waals surface area contributed by atoms with Crippen LogP contribution in [0.2, 0.25) is 0 Å². The molecule has 1 aliphatic carbocycles. The molecule has 122 valence electrons. The molecule has 1 fully saturated rings. The minimum absolute atomic E-state index is 0.00287. The third-order valence-corrected chi connectivity index (χ3v) is 3.57. The summed E-state index contributed by atoms with van der Waals surface area (Å²) in [5, 5.41) is 0. The van der Waals surface area contributed by atoms with Crippen LogP contribution in [0.25, 0.3) is 0 Å². The lowest BCUT2D eigenvalue weighted by atomic mass is 9.95. The van der Waals surface area contributed by atoms with Crippen molar-refractivity contribution in [3.63, 3.8) is 0 Å². The fraction of sp³-hybridized carbons (Fsp3) is 0.625. The fourth-order valence-corrected chi connectivity index (χ4v) is 2.67. The molecule has 1 aromatic heterocycles. The predicted molar refractivity (Wildman–Crippen MR) is 77.2 cm³/mol. The van der Waals surface area contributed by atoms with Crippen LogP contribution in [-0.2, 0) is 4.79 Å². The van der Waals surface area contributed by atoms with E-state index in [2.05, 4.69) is 4.98 Å². The largest absolute Gasteiger partial charge is 0.406 e. The summed E-state index contributed by atoms with van der Waals surface area (Å²) < 4.78 is 38.2. The topological polar surface area (TPSA) is 33.2 Å². The molecule has 1 aromatic rings. The van der Waals surface area contributed by atoms with Gasteiger partial charge >= 0.3 is 6.18 Å². The van der Waals surface area contributed by atoms with E-state index in [1.54, 1.807) is 18.5 Å². The first-order valence-electron chi connectivity index (χ1n) is 7.32. The van der Waals surface area contributed by atoms with Gasteiger partial charge in [-0.25, -0.2) is 0 Å². The van der Waals surface area contributed by atoms with Gasteiger partial charge in [-0.15, -0.1) is 0 Å². The maximum atomic E-state index is 12.7. The highest BCUT2D eigenvalue weighted by molar-refractivity contribution is 5.83. The second kappa shape index (κ2) is 5.89. The van der Waals surface area contributed by atoms with Gasteiger partial charge in [0.25, 0.3) is 0 Å². The first kappa shape index (κ1) is 16.8. The molecule has 2 rings (SSSR count). The average molecular weight is 314 g/mol. The number of hydrogen-bond donors (Lipinski definition) is 0. The molecule has 6 heteroatoms. The molecule has 0 N–H and O–H groups in total. The SMILES string of the molecule is CC(C)(C)CN(CC(F)(F)F)C(=O)[C@@H]1C[C@@H]1c1cccnc1. The zero-order valence-electron chi connectivity index (χ0n) is 13.0. The molecule has 2 atom stereocenters. The van der Waals surface area contributed by atoms with Crippen molar-refractivity contribution in [3.8, 4) is 0 Å². The van der Waals surface area contributed by atoms with Gasteiger partial charge in [0.15, 0.2) is 0 Å². The van der Waals surface area contributed by atoms with Crippen LogP contribution in [0.3, 0.4) is 0 Å². The maximum absolute atomic E-state index is 12.7. The van der Waals surface area contributed by atoms with Gasteiger partial charge in [-0.05, 0) is 29.4 Å². The van der Waals surface area contributed by atoms with Crippen LogP contribution in [0.4, 0.5) is 13.2 Å². The van der Waals surface area contributed by atoms with Gasteiger partial charge in [0.05, 0.1) is 0 Å². The summed E-state index contributed by atoms with van der Waals surface area (Å²) in [6.07, 6.45) is -0.462. The monoisotopic (exact) mass is 314 g/mol. The second-order valence-electron chi connectivity index (χ2n) is 7.11. The molecule has 22 heavy (non-hydrogen) atoms. The standard InChI is InChI=1S/C16H21F3N2O/c1-15(2,3)9-21(10-16(17,18)19)14(22)13-7-12(13)11-5-4-6-20-8-11/h4-6,8,12-13H,7,9-10H2,1-3H3/t12-,13-/m1/s1. The van der Waals surface area contributed by atoms with E-state index in [-0.39, 0.29) is 23.8 Å². The minimum Gasteiger partial charge on any atom is -0.333 e. The lowest BCUT2D eigenvalue weighted by molar-refractivity contribution is -0.164. The summed E-state index contributed by atoms with van der Waals surface area (Å²) in [7, 11) is 0. The van der Waals surface area contributed by atoms with Gasteiger partial charge in [-0.2, -0.15) is 13.2 Å². The van der Waals surface area contributed by atoms with E-state index in [1.807, 2.05) is 26.8 Å². The number of rotatable bonds is 4. The minimum atomic E-state index is -4.38. The molecule has 1 amide bonds. The molecule has 0 unspecified atom stereocenters. The highest BCUT2D eigenvalue weighted by Crippen LogP contribution is 2.48. The molecule has 1 saturated carbocycles. The van der Waals surface area contributed by atoms with Crippen molar-refractivity contribution < 1.29 is 18.0 Å². The lowest BCUT2D eigenvalue weighted by Gasteiger charge is -2.31. The van der Waals surface area contributed by atoms with E-state index >= 15 is 0 Å². The third kappa shape index (κ3) is 4.71. The van der Waals surface area contributed by atoms with Crippen LogP contribution in [0, 0.1) is 11.3 Å². The van der Waals surface area contributed by atoms with Gasteiger partial charge in [-0.1, -0.05) is 26.8 Å². The number of carbonyl (C=O) groups excluding carboxylic acids is 1. The Labute approximate surface area is 128 Å². The summed E-state index contributed by atoms with van der Waals surface area (Å²) in [5.41, 5.74) is 0.545. The lowest BCUT2D eigenvalue weighted by Crippen LogP contribution is -2.44. The van der Waals surface area contributed by atoms with Gasteiger partial charge in [0, 0.05) is 24.9 Å². The number of hydrogen-bond acceptors (Lipinski definition) is 2. The van der Waals surface area contributed by atoms with E-state index in [1.165, 1.54) is 0 Å². The number of nitrogens with zero attached hydrogens (tertiary/aromatic N) is 2. The Balaban J connectivity index is 2.07. The summed E-state index contributed by atoms with van der Waals surface area (Å²) in [6.45, 7) is 4.40. The summed E-state index contributed by atoms with van der Waals surface area (Å²) in [4.78, 5) is 17.4. The quantitative estimate of drug-likeness (QED) is 0.850. The van der Waals surface area contributed by atoms with E-state index < -0.39 is 18.6 Å². The highest BCUT2D eigenvalue weighted by atomic mass is 19.4. The Bertz CT molecular complexity index is 506. The molecule has 0 aromatic carbocycles. The molecule has 0 radical (unpaired) electrons. The predicted octanol–water partition coefficient (Wildman–Crippen LogP) is 3.62. The van der Waals surface area contributed by atoms with Crippen molar-refractivity contribution in [1.82, 2.24) is 9.88 Å². The Morgan fingerprint density at radius 3 is 2.50 bits per heavy atom. The Kier molecular flexibility index (Phi) is 4.49. The molecule has 0 saturated heterocycles. The Hall–Kier alpha value is -1.59. The maximum Gasteiger partial charge on any atom is 0.406 e. The number of amides is 1. The molecule has 1 aliphatic rings. The smallest absolute Gasteiger partial charge is 0.333 e. The summed E-state index contributed by atoms with van der Waals surface area (Å²) >= 11 is 0. The summed E-state index contributed by atoms with van der Waals surface area (Å²) in [6, 6.07) is 3.64. The Morgan fingerprint density at radius 2 is 2.00 bits per heavy atom. The number of carbonyl (C=O) groups is 1. The zero-order chi connectivity index (χ0) is 16.5. The average Bonchev–Trinajstić information content (AvgIpc) is 3.15. The molecular weight excluding hydrogens is 293 g/mol. The molecule has 1 heterocycles. The zero-order valence-corrected chi connectivity index (χ0v) is 13.0. The van der Waals surface area contributed by atoms with Crippen molar-refractivity contribution in [2.45, 2.75) is 39.3 Å². The van der Waals surface area contributed by atoms with Crippen molar-refractivity contribution in [1.29, 1.82) is 0 Å². The number of halogens is 3. The van der Waals surface area contributed by atoms with Crippen molar-refractivity contribution >= 4 is 5.91 Å². The number of pyridine rings is 1. The fourth-order valence-electron chi connectivity index (χ4n) is 2.67. The van der Waals surface area contributed by atoms with Crippen LogP contribution >= 0.6 is 0 Å². The van der Waals surface area contributed by atoms with Crippen LogP contribution in [0.1, 0.15) is 38.7 Å². The molecular formula is C16H21F3N2O. The first-order chi connectivity index (χ1) is 10.1. The van der Waals surface area contributed by atoms with Gasteiger partial charge in [0.1, 0.15) is 6.54 Å². The highest BCUT2D eigenvalue weighted by Gasteiger charge is 2.48. The number of alkyl halides is 3. The van der Waals surface area contributed by atoms with Gasteiger partial charge in [0.2, 0.25) is 5.91 Å². The first-order valence-corrected chi connectivity index (χ1v) is 7.32. The molecule has 0 bridgehead atoms. The van der Waals surface area contributed by atoms with Crippen LogP contribution < -0.4 is 0 Å². The van der Waals surface area contributed by atoms with Crippen LogP contribution in [0.5, 0.6) is 0 Å². The molecule has 3 nitrogen and oxygen atoms in total. The Morgan fingerprint density at radius 1 is 1.32 bits per heavy atom. The van der Waals surface area contributed by atoms with E-state index in [4.69, 9.17) is 0 Å². The van der Waals surface area contributed by atoms with Crippen molar-refractivity contribution in [3.05, 3.63) is 30.1 Å². The second-order valence-corrected chi connectivity index (χ2v) is 7.11. The van der Waals surface area contributed by atoms with E-state index in [0.29, 0.717) is 6.42 Å². The molecule has 0 aliphatic heterocycles. The van der Waals surface area contributed by atoms with Crippen molar-refractivity contribution in [2.24, 2.45) is 11.3 Å². The van der Waals surface area contributed by atoms with Gasteiger partial charge < -0.3 is 4.90 Å². The summed E-state index contributed by atoms with van der Waals surface area (Å²) in [5.74, 6) is -0.757. The third-order valence-electron chi connectivity index (χ3n) is 3.57. The van der Waals surface area contributed by atoms with Crippen LogP contribution in [0.15, 0.2) is 24.5 Å². The number of aromatic nitrogens is 1. The molecule has 0 spiro atoms. The van der Waals surface area contributed by atoms with E-state index in [0.717, 1.165) is 10.5 Å². The van der Waals surface area contributed by atoms with Gasteiger partial charge in [-0.3, -0.25) is 9.78 Å². The normalized spacial score (nSPS) is 21.5.